The highest BCUT2D eigenvalue weighted by Gasteiger charge is 2.29. The number of nitrogens with zero attached hydrogens (tertiary/aromatic N) is 1. The Morgan fingerprint density at radius 1 is 1.53 bits per heavy atom. The number of benzene rings is 1. The van der Waals surface area contributed by atoms with Crippen LogP contribution in [0.2, 0.25) is 0 Å². The molecule has 2 N–H and O–H groups in total. The molecule has 0 unspecified atom stereocenters. The molecule has 0 aliphatic carbocycles. The minimum absolute atomic E-state index is 0.0406. The SMILES string of the molecule is C[C@H](Oc1ccc(Br)cc1)C(=O)N1CC[C@H](CN)C1. The lowest BCUT2D eigenvalue weighted by molar-refractivity contribution is -0.136. The zero-order valence-electron chi connectivity index (χ0n) is 11.0. The lowest BCUT2D eigenvalue weighted by atomic mass is 10.1. The molecular weight excluding hydrogens is 308 g/mol. The minimum Gasteiger partial charge on any atom is -0.481 e. The van der Waals surface area contributed by atoms with Crippen molar-refractivity contribution in [1.29, 1.82) is 0 Å². The summed E-state index contributed by atoms with van der Waals surface area (Å²) in [4.78, 5) is 14.1. The number of likely N-dealkylation sites (tertiary alicyclic amines) is 1. The molecule has 1 aromatic rings. The third-order valence-electron chi connectivity index (χ3n) is 3.41. The maximum Gasteiger partial charge on any atom is 0.263 e. The van der Waals surface area contributed by atoms with Gasteiger partial charge in [-0.05, 0) is 50.1 Å². The van der Waals surface area contributed by atoms with Crippen LogP contribution in [0.5, 0.6) is 5.75 Å². The van der Waals surface area contributed by atoms with Crippen molar-refractivity contribution in [2.45, 2.75) is 19.4 Å². The number of halogens is 1. The molecule has 0 radical (unpaired) electrons. The molecule has 4 nitrogen and oxygen atoms in total. The molecule has 1 aliphatic rings. The molecule has 0 aromatic heterocycles. The Balaban J connectivity index is 1.91. The van der Waals surface area contributed by atoms with E-state index in [1.165, 1.54) is 0 Å². The van der Waals surface area contributed by atoms with Crippen molar-refractivity contribution in [3.63, 3.8) is 0 Å². The number of carbonyl (C=O) groups excluding carboxylic acids is 1. The summed E-state index contributed by atoms with van der Waals surface area (Å²) in [5.74, 6) is 1.18. The van der Waals surface area contributed by atoms with Gasteiger partial charge in [0.1, 0.15) is 5.75 Å². The summed E-state index contributed by atoms with van der Waals surface area (Å²) in [5, 5.41) is 0. The fourth-order valence-corrected chi connectivity index (χ4v) is 2.51. The number of carbonyl (C=O) groups is 1. The van der Waals surface area contributed by atoms with Gasteiger partial charge in [0.2, 0.25) is 0 Å². The van der Waals surface area contributed by atoms with Crippen molar-refractivity contribution in [3.05, 3.63) is 28.7 Å². The largest absolute Gasteiger partial charge is 0.481 e. The summed E-state index contributed by atoms with van der Waals surface area (Å²) >= 11 is 3.37. The van der Waals surface area contributed by atoms with Crippen LogP contribution in [0.15, 0.2) is 28.7 Å². The number of rotatable bonds is 4. The third kappa shape index (κ3) is 3.70. The molecule has 1 heterocycles. The number of hydrogen-bond acceptors (Lipinski definition) is 3. The summed E-state index contributed by atoms with van der Waals surface area (Å²) < 4.78 is 6.66. The molecule has 5 heteroatoms. The maximum atomic E-state index is 12.2. The molecule has 104 valence electrons. The summed E-state index contributed by atoms with van der Waals surface area (Å²) in [5.41, 5.74) is 5.64. The number of nitrogens with two attached hydrogens (primary N) is 1. The van der Waals surface area contributed by atoms with E-state index in [4.69, 9.17) is 10.5 Å². The van der Waals surface area contributed by atoms with Crippen LogP contribution in [-0.2, 0) is 4.79 Å². The predicted octanol–water partition coefficient (Wildman–Crippen LogP) is 2.02. The van der Waals surface area contributed by atoms with Crippen LogP contribution < -0.4 is 10.5 Å². The molecule has 0 saturated carbocycles. The second-order valence-corrected chi connectivity index (χ2v) is 5.80. The summed E-state index contributed by atoms with van der Waals surface area (Å²) in [7, 11) is 0. The Labute approximate surface area is 122 Å². The zero-order valence-corrected chi connectivity index (χ0v) is 12.6. The Morgan fingerprint density at radius 3 is 2.79 bits per heavy atom. The van der Waals surface area contributed by atoms with E-state index in [2.05, 4.69) is 15.9 Å². The standard InChI is InChI=1S/C14H19BrN2O2/c1-10(19-13-4-2-12(15)3-5-13)14(18)17-7-6-11(8-16)9-17/h2-5,10-11H,6-9,16H2,1H3/t10-,11+/m0/s1. The van der Waals surface area contributed by atoms with Gasteiger partial charge in [-0.25, -0.2) is 0 Å². The van der Waals surface area contributed by atoms with Gasteiger partial charge < -0.3 is 15.4 Å². The Bertz CT molecular complexity index is 436. The molecule has 1 fully saturated rings. The fraction of sp³-hybridized carbons (Fsp3) is 0.500. The van der Waals surface area contributed by atoms with Gasteiger partial charge in [0.05, 0.1) is 0 Å². The van der Waals surface area contributed by atoms with Crippen molar-refractivity contribution in [2.24, 2.45) is 11.7 Å². The van der Waals surface area contributed by atoms with E-state index in [0.29, 0.717) is 18.2 Å². The molecular formula is C14H19BrN2O2. The molecule has 1 saturated heterocycles. The number of amides is 1. The van der Waals surface area contributed by atoms with Gasteiger partial charge in [0.25, 0.3) is 5.91 Å². The van der Waals surface area contributed by atoms with Crippen molar-refractivity contribution >= 4 is 21.8 Å². The van der Waals surface area contributed by atoms with Gasteiger partial charge in [-0.1, -0.05) is 15.9 Å². The zero-order chi connectivity index (χ0) is 13.8. The molecule has 0 spiro atoms. The van der Waals surface area contributed by atoms with Crippen LogP contribution in [0.25, 0.3) is 0 Å². The van der Waals surface area contributed by atoms with E-state index >= 15 is 0 Å². The number of ether oxygens (including phenoxy) is 1. The second-order valence-electron chi connectivity index (χ2n) is 4.89. The van der Waals surface area contributed by atoms with E-state index in [1.807, 2.05) is 29.2 Å². The first-order valence-electron chi connectivity index (χ1n) is 6.51. The van der Waals surface area contributed by atoms with E-state index in [0.717, 1.165) is 24.0 Å². The monoisotopic (exact) mass is 326 g/mol. The lowest BCUT2D eigenvalue weighted by Gasteiger charge is -2.21. The highest BCUT2D eigenvalue weighted by Crippen LogP contribution is 2.20. The molecule has 2 rings (SSSR count). The van der Waals surface area contributed by atoms with Crippen molar-refractivity contribution in [1.82, 2.24) is 4.90 Å². The summed E-state index contributed by atoms with van der Waals surface area (Å²) in [6, 6.07) is 7.49. The van der Waals surface area contributed by atoms with Crippen LogP contribution >= 0.6 is 15.9 Å². The molecule has 19 heavy (non-hydrogen) atoms. The van der Waals surface area contributed by atoms with E-state index in [9.17, 15) is 4.79 Å². The Morgan fingerprint density at radius 2 is 2.21 bits per heavy atom. The van der Waals surface area contributed by atoms with E-state index < -0.39 is 6.10 Å². The van der Waals surface area contributed by atoms with Crippen molar-refractivity contribution in [2.75, 3.05) is 19.6 Å². The highest BCUT2D eigenvalue weighted by molar-refractivity contribution is 9.10. The Hall–Kier alpha value is -1.07. The fourth-order valence-electron chi connectivity index (χ4n) is 2.25. The number of hydrogen-bond donors (Lipinski definition) is 1. The first-order valence-corrected chi connectivity index (χ1v) is 7.30. The van der Waals surface area contributed by atoms with Gasteiger partial charge in [0.15, 0.2) is 6.10 Å². The van der Waals surface area contributed by atoms with Gasteiger partial charge in [-0.3, -0.25) is 4.79 Å². The average Bonchev–Trinajstić information content (AvgIpc) is 2.89. The lowest BCUT2D eigenvalue weighted by Crippen LogP contribution is -2.39. The predicted molar refractivity (Wildman–Crippen MR) is 78.0 cm³/mol. The topological polar surface area (TPSA) is 55.6 Å². The molecule has 2 atom stereocenters. The smallest absolute Gasteiger partial charge is 0.263 e. The first kappa shape index (κ1) is 14.3. The van der Waals surface area contributed by atoms with Crippen LogP contribution in [0, 0.1) is 5.92 Å². The highest BCUT2D eigenvalue weighted by atomic mass is 79.9. The second kappa shape index (κ2) is 6.39. The maximum absolute atomic E-state index is 12.2. The van der Waals surface area contributed by atoms with Crippen molar-refractivity contribution in [3.8, 4) is 5.75 Å². The van der Waals surface area contributed by atoms with Crippen LogP contribution in [-0.4, -0.2) is 36.5 Å². The molecule has 1 aromatic carbocycles. The summed E-state index contributed by atoms with van der Waals surface area (Å²) in [6.45, 7) is 3.98. The molecule has 0 bridgehead atoms. The van der Waals surface area contributed by atoms with Crippen LogP contribution in [0.3, 0.4) is 0 Å². The molecule has 1 aliphatic heterocycles. The van der Waals surface area contributed by atoms with Gasteiger partial charge in [0, 0.05) is 17.6 Å². The van der Waals surface area contributed by atoms with E-state index in [1.54, 1.807) is 6.92 Å². The third-order valence-corrected chi connectivity index (χ3v) is 3.93. The quantitative estimate of drug-likeness (QED) is 0.921. The summed E-state index contributed by atoms with van der Waals surface area (Å²) in [6.07, 6.45) is 0.533. The van der Waals surface area contributed by atoms with Gasteiger partial charge in [-0.15, -0.1) is 0 Å². The molecule has 1 amide bonds. The average molecular weight is 327 g/mol. The van der Waals surface area contributed by atoms with Crippen LogP contribution in [0.1, 0.15) is 13.3 Å². The Kier molecular flexibility index (Phi) is 4.82. The van der Waals surface area contributed by atoms with Crippen molar-refractivity contribution < 1.29 is 9.53 Å². The van der Waals surface area contributed by atoms with Gasteiger partial charge >= 0.3 is 0 Å². The van der Waals surface area contributed by atoms with E-state index in [-0.39, 0.29) is 5.91 Å². The van der Waals surface area contributed by atoms with Crippen LogP contribution in [0.4, 0.5) is 0 Å². The normalized spacial score (nSPS) is 20.4. The first-order chi connectivity index (χ1) is 9.10. The minimum atomic E-state index is -0.460. The van der Waals surface area contributed by atoms with Gasteiger partial charge in [-0.2, -0.15) is 0 Å².